The highest BCUT2D eigenvalue weighted by Gasteiger charge is 2.43. The summed E-state index contributed by atoms with van der Waals surface area (Å²) in [7, 11) is 0. The third-order valence-electron chi connectivity index (χ3n) is 4.06. The maximum atomic E-state index is 13.3. The van der Waals surface area contributed by atoms with Crippen LogP contribution in [0.15, 0.2) is 48.5 Å². The highest BCUT2D eigenvalue weighted by atomic mass is 19.1. The number of halogens is 1. The fraction of sp³-hybridized carbons (Fsp3) is 0.235. The molecule has 102 valence electrons. The van der Waals surface area contributed by atoms with Crippen molar-refractivity contribution >= 4 is 5.97 Å². The van der Waals surface area contributed by atoms with Crippen molar-refractivity contribution in [3.8, 4) is 0 Å². The summed E-state index contributed by atoms with van der Waals surface area (Å²) in [5.41, 5.74) is 2.06. The second-order valence-electron chi connectivity index (χ2n) is 5.51. The maximum Gasteiger partial charge on any atom is 0.310 e. The number of hydrogen-bond donors (Lipinski definition) is 1. The van der Waals surface area contributed by atoms with Crippen LogP contribution in [0.3, 0.4) is 0 Å². The first kappa shape index (κ1) is 12.9. The number of benzene rings is 2. The smallest absolute Gasteiger partial charge is 0.310 e. The van der Waals surface area contributed by atoms with Crippen LogP contribution in [0.25, 0.3) is 0 Å². The maximum absolute atomic E-state index is 13.3. The number of carboxylic acids is 1. The molecule has 3 rings (SSSR count). The number of fused-ring (bicyclic) bond motifs is 1. The van der Waals surface area contributed by atoms with E-state index in [1.165, 1.54) is 12.1 Å². The summed E-state index contributed by atoms with van der Waals surface area (Å²) >= 11 is 0. The molecule has 2 nitrogen and oxygen atoms in total. The third kappa shape index (κ3) is 2.20. The molecule has 2 aromatic carbocycles. The van der Waals surface area contributed by atoms with Gasteiger partial charge in [-0.15, -0.1) is 0 Å². The van der Waals surface area contributed by atoms with Gasteiger partial charge >= 0.3 is 5.97 Å². The topological polar surface area (TPSA) is 37.3 Å². The molecule has 20 heavy (non-hydrogen) atoms. The summed E-state index contributed by atoms with van der Waals surface area (Å²) < 4.78 is 13.3. The van der Waals surface area contributed by atoms with E-state index in [-0.39, 0.29) is 5.82 Å². The van der Waals surface area contributed by atoms with Gasteiger partial charge in [0.15, 0.2) is 0 Å². The lowest BCUT2D eigenvalue weighted by Crippen LogP contribution is -2.34. The van der Waals surface area contributed by atoms with Gasteiger partial charge in [-0.1, -0.05) is 36.4 Å². The molecule has 2 aromatic rings. The summed E-state index contributed by atoms with van der Waals surface area (Å²) in [6.07, 6.45) is 1.37. The fourth-order valence-electron chi connectivity index (χ4n) is 3.08. The summed E-state index contributed by atoms with van der Waals surface area (Å²) in [5, 5.41) is 9.67. The van der Waals surface area contributed by atoms with Gasteiger partial charge in [0.1, 0.15) is 5.82 Å². The van der Waals surface area contributed by atoms with Gasteiger partial charge in [0.05, 0.1) is 5.41 Å². The molecule has 0 unspecified atom stereocenters. The van der Waals surface area contributed by atoms with E-state index in [2.05, 4.69) is 0 Å². The van der Waals surface area contributed by atoms with Gasteiger partial charge < -0.3 is 5.11 Å². The van der Waals surface area contributed by atoms with Gasteiger partial charge in [0.2, 0.25) is 0 Å². The molecule has 0 bridgehead atoms. The van der Waals surface area contributed by atoms with E-state index < -0.39 is 11.4 Å². The second kappa shape index (κ2) is 4.75. The van der Waals surface area contributed by atoms with Crippen LogP contribution >= 0.6 is 0 Å². The van der Waals surface area contributed by atoms with E-state index in [9.17, 15) is 14.3 Å². The normalized spacial score (nSPS) is 15.8. The molecule has 0 saturated heterocycles. The highest BCUT2D eigenvalue weighted by molar-refractivity contribution is 5.77. The zero-order valence-corrected chi connectivity index (χ0v) is 11.0. The summed E-state index contributed by atoms with van der Waals surface area (Å²) in [5.74, 6) is -1.13. The minimum absolute atomic E-state index is 0.321. The molecule has 1 aliphatic rings. The standard InChI is InChI=1S/C17H15FO2/c18-15-7-3-4-12(8-15)9-17(16(19)20)10-13-5-1-2-6-14(13)11-17/h1-8H,9-11H2,(H,19,20). The van der Waals surface area contributed by atoms with Crippen LogP contribution in [0.2, 0.25) is 0 Å². The third-order valence-corrected chi connectivity index (χ3v) is 4.06. The van der Waals surface area contributed by atoms with E-state index in [1.54, 1.807) is 12.1 Å². The number of carbonyl (C=O) groups is 1. The predicted molar refractivity (Wildman–Crippen MR) is 74.0 cm³/mol. The SMILES string of the molecule is O=C(O)C1(Cc2cccc(F)c2)Cc2ccccc2C1. The first-order chi connectivity index (χ1) is 9.59. The molecular formula is C17H15FO2. The molecule has 0 aliphatic heterocycles. The van der Waals surface area contributed by atoms with E-state index in [0.29, 0.717) is 19.3 Å². The molecule has 0 aromatic heterocycles. The minimum atomic E-state index is -0.850. The van der Waals surface area contributed by atoms with Gasteiger partial charge in [-0.2, -0.15) is 0 Å². The molecule has 1 N–H and O–H groups in total. The number of rotatable bonds is 3. The quantitative estimate of drug-likeness (QED) is 0.929. The van der Waals surface area contributed by atoms with Crippen LogP contribution in [0.5, 0.6) is 0 Å². The lowest BCUT2D eigenvalue weighted by atomic mass is 9.79. The summed E-state index contributed by atoms with van der Waals surface area (Å²) in [6, 6.07) is 14.0. The van der Waals surface area contributed by atoms with Crippen molar-refractivity contribution in [2.24, 2.45) is 5.41 Å². The molecule has 0 saturated carbocycles. The first-order valence-electron chi connectivity index (χ1n) is 6.64. The summed E-state index contributed by atoms with van der Waals surface area (Å²) in [6.45, 7) is 0. The van der Waals surface area contributed by atoms with Crippen LogP contribution in [-0.2, 0) is 24.1 Å². The average molecular weight is 270 g/mol. The molecule has 1 aliphatic carbocycles. The average Bonchev–Trinajstić information content (AvgIpc) is 2.78. The van der Waals surface area contributed by atoms with Crippen molar-refractivity contribution in [1.29, 1.82) is 0 Å². The van der Waals surface area contributed by atoms with E-state index >= 15 is 0 Å². The molecule has 0 amide bonds. The Morgan fingerprint density at radius 2 is 1.75 bits per heavy atom. The monoisotopic (exact) mass is 270 g/mol. The lowest BCUT2D eigenvalue weighted by Gasteiger charge is -2.24. The van der Waals surface area contributed by atoms with Crippen molar-refractivity contribution in [3.05, 3.63) is 71.0 Å². The molecule has 0 spiro atoms. The number of carboxylic acid groups (broad SMARTS) is 1. The van der Waals surface area contributed by atoms with Gasteiger partial charge in [-0.05, 0) is 48.1 Å². The van der Waals surface area contributed by atoms with E-state index in [0.717, 1.165) is 16.7 Å². The van der Waals surface area contributed by atoms with Gasteiger partial charge in [-0.3, -0.25) is 4.79 Å². The molecule has 3 heteroatoms. The molecule has 0 heterocycles. The Balaban J connectivity index is 1.94. The van der Waals surface area contributed by atoms with Crippen LogP contribution in [0.1, 0.15) is 16.7 Å². The van der Waals surface area contributed by atoms with Crippen molar-refractivity contribution in [2.45, 2.75) is 19.3 Å². The molecule has 0 atom stereocenters. The van der Waals surface area contributed by atoms with E-state index in [1.807, 2.05) is 24.3 Å². The Kier molecular flexibility index (Phi) is 3.05. The Hall–Kier alpha value is -2.16. The second-order valence-corrected chi connectivity index (χ2v) is 5.51. The largest absolute Gasteiger partial charge is 0.481 e. The Morgan fingerprint density at radius 1 is 1.10 bits per heavy atom. The minimum Gasteiger partial charge on any atom is -0.481 e. The van der Waals surface area contributed by atoms with Gasteiger partial charge in [0.25, 0.3) is 0 Å². The van der Waals surface area contributed by atoms with Crippen LogP contribution in [0, 0.1) is 11.2 Å². The molecular weight excluding hydrogens is 255 g/mol. The van der Waals surface area contributed by atoms with Crippen molar-refractivity contribution in [3.63, 3.8) is 0 Å². The Morgan fingerprint density at radius 3 is 2.30 bits per heavy atom. The van der Waals surface area contributed by atoms with Gasteiger partial charge in [0, 0.05) is 0 Å². The first-order valence-corrected chi connectivity index (χ1v) is 6.64. The van der Waals surface area contributed by atoms with Crippen LogP contribution in [-0.4, -0.2) is 11.1 Å². The van der Waals surface area contributed by atoms with Crippen molar-refractivity contribution in [1.82, 2.24) is 0 Å². The number of hydrogen-bond acceptors (Lipinski definition) is 1. The fourth-order valence-corrected chi connectivity index (χ4v) is 3.08. The number of aliphatic carboxylic acids is 1. The van der Waals surface area contributed by atoms with Crippen LogP contribution < -0.4 is 0 Å². The lowest BCUT2D eigenvalue weighted by molar-refractivity contribution is -0.148. The van der Waals surface area contributed by atoms with Crippen molar-refractivity contribution in [2.75, 3.05) is 0 Å². The highest BCUT2D eigenvalue weighted by Crippen LogP contribution is 2.40. The summed E-state index contributed by atoms with van der Waals surface area (Å²) in [4.78, 5) is 11.8. The predicted octanol–water partition coefficient (Wildman–Crippen LogP) is 3.24. The molecule has 0 radical (unpaired) electrons. The molecule has 0 fully saturated rings. The zero-order chi connectivity index (χ0) is 14.2. The van der Waals surface area contributed by atoms with E-state index in [4.69, 9.17) is 0 Å². The Labute approximate surface area is 116 Å². The van der Waals surface area contributed by atoms with Crippen molar-refractivity contribution < 1.29 is 14.3 Å². The Bertz CT molecular complexity index is 639. The van der Waals surface area contributed by atoms with Crippen LogP contribution in [0.4, 0.5) is 4.39 Å². The zero-order valence-electron chi connectivity index (χ0n) is 11.0. The van der Waals surface area contributed by atoms with Gasteiger partial charge in [-0.25, -0.2) is 4.39 Å².